The number of fused-ring (bicyclic) bond motifs is 1. The van der Waals surface area contributed by atoms with Crippen LogP contribution >= 0.6 is 11.6 Å². The van der Waals surface area contributed by atoms with Crippen molar-refractivity contribution in [1.82, 2.24) is 9.78 Å². The van der Waals surface area contributed by atoms with Gasteiger partial charge in [0.2, 0.25) is 5.78 Å². The molecule has 0 bridgehead atoms. The fourth-order valence-electron chi connectivity index (χ4n) is 3.31. The highest BCUT2D eigenvalue weighted by molar-refractivity contribution is 6.34. The Morgan fingerprint density at radius 1 is 1.10 bits per heavy atom. The number of hydrogen-bond acceptors (Lipinski definition) is 4. The SMILES string of the molecule is COc1ccc(/C=C/C(=O)c2nn(C)cc2Cl)cc1COc1ccc2ccccc2c1. The van der Waals surface area contributed by atoms with E-state index in [1.54, 1.807) is 26.4 Å². The van der Waals surface area contributed by atoms with E-state index in [0.717, 1.165) is 33.4 Å². The van der Waals surface area contributed by atoms with Gasteiger partial charge in [-0.25, -0.2) is 0 Å². The van der Waals surface area contributed by atoms with Crippen LogP contribution in [0.15, 0.2) is 72.9 Å². The molecule has 0 saturated heterocycles. The first-order valence-corrected chi connectivity index (χ1v) is 10.1. The number of allylic oxidation sites excluding steroid dienone is 1. The molecule has 0 aliphatic rings. The number of benzene rings is 3. The number of methoxy groups -OCH3 is 1. The van der Waals surface area contributed by atoms with Gasteiger partial charge in [0.25, 0.3) is 0 Å². The molecule has 0 saturated carbocycles. The van der Waals surface area contributed by atoms with Gasteiger partial charge in [0, 0.05) is 18.8 Å². The molecule has 0 fully saturated rings. The molecule has 6 heteroatoms. The summed E-state index contributed by atoms with van der Waals surface area (Å²) in [4.78, 5) is 12.4. The molecule has 0 unspecified atom stereocenters. The average molecular weight is 433 g/mol. The van der Waals surface area contributed by atoms with Crippen LogP contribution in [0, 0.1) is 0 Å². The Hall–Kier alpha value is -3.57. The first-order valence-electron chi connectivity index (χ1n) is 9.73. The van der Waals surface area contributed by atoms with Gasteiger partial charge in [0.1, 0.15) is 18.1 Å². The number of aromatic nitrogens is 2. The van der Waals surface area contributed by atoms with E-state index in [1.165, 1.54) is 10.8 Å². The third kappa shape index (κ3) is 4.78. The topological polar surface area (TPSA) is 53.3 Å². The van der Waals surface area contributed by atoms with Gasteiger partial charge in [0.15, 0.2) is 5.69 Å². The van der Waals surface area contributed by atoms with Crippen molar-refractivity contribution in [1.29, 1.82) is 0 Å². The maximum Gasteiger partial charge on any atom is 0.207 e. The minimum absolute atomic E-state index is 0.230. The van der Waals surface area contributed by atoms with Crippen LogP contribution in [0.5, 0.6) is 11.5 Å². The predicted octanol–water partition coefficient (Wildman–Crippen LogP) is 5.71. The molecule has 156 valence electrons. The second-order valence-corrected chi connectivity index (χ2v) is 7.47. The van der Waals surface area contributed by atoms with E-state index in [0.29, 0.717) is 11.6 Å². The van der Waals surface area contributed by atoms with E-state index < -0.39 is 0 Å². The van der Waals surface area contributed by atoms with Crippen molar-refractivity contribution in [2.24, 2.45) is 7.05 Å². The molecule has 0 spiro atoms. The molecule has 4 aromatic rings. The Morgan fingerprint density at radius 3 is 2.65 bits per heavy atom. The smallest absolute Gasteiger partial charge is 0.207 e. The van der Waals surface area contributed by atoms with Crippen molar-refractivity contribution in [2.45, 2.75) is 6.61 Å². The van der Waals surface area contributed by atoms with Crippen molar-refractivity contribution >= 4 is 34.2 Å². The Bertz CT molecular complexity index is 1280. The highest BCUT2D eigenvalue weighted by Gasteiger charge is 2.12. The third-order valence-electron chi connectivity index (χ3n) is 4.86. The second-order valence-electron chi connectivity index (χ2n) is 7.07. The molecular formula is C25H21ClN2O3. The summed E-state index contributed by atoms with van der Waals surface area (Å²) in [5, 5.41) is 6.71. The minimum atomic E-state index is -0.254. The lowest BCUT2D eigenvalue weighted by Gasteiger charge is -2.12. The van der Waals surface area contributed by atoms with Crippen LogP contribution in [-0.4, -0.2) is 22.7 Å². The fraction of sp³-hybridized carbons (Fsp3) is 0.120. The standard InChI is InChI=1S/C25H21ClN2O3/c1-28-15-22(26)25(27-28)23(29)11-7-17-8-12-24(30-2)20(13-17)16-31-21-10-9-18-5-3-4-6-19(18)14-21/h3-15H,16H2,1-2H3/b11-7+. The Labute approximate surface area is 185 Å². The van der Waals surface area contributed by atoms with E-state index in [4.69, 9.17) is 21.1 Å². The molecule has 0 atom stereocenters. The number of nitrogens with zero attached hydrogens (tertiary/aromatic N) is 2. The zero-order valence-electron chi connectivity index (χ0n) is 17.2. The van der Waals surface area contributed by atoms with Gasteiger partial charge in [-0.05, 0) is 46.7 Å². The Kier molecular flexibility index (Phi) is 6.05. The van der Waals surface area contributed by atoms with Crippen LogP contribution in [0.1, 0.15) is 21.6 Å². The van der Waals surface area contributed by atoms with E-state index in [9.17, 15) is 4.79 Å². The largest absolute Gasteiger partial charge is 0.496 e. The third-order valence-corrected chi connectivity index (χ3v) is 5.14. The Balaban J connectivity index is 1.51. The molecule has 0 aliphatic heterocycles. The van der Waals surface area contributed by atoms with Gasteiger partial charge in [-0.15, -0.1) is 0 Å². The molecule has 0 radical (unpaired) electrons. The summed E-state index contributed by atoms with van der Waals surface area (Å²) >= 11 is 6.05. The summed E-state index contributed by atoms with van der Waals surface area (Å²) in [6, 6.07) is 19.8. The molecule has 3 aromatic carbocycles. The average Bonchev–Trinajstić information content (AvgIpc) is 3.13. The minimum Gasteiger partial charge on any atom is -0.496 e. The van der Waals surface area contributed by atoms with E-state index in [2.05, 4.69) is 17.2 Å². The van der Waals surface area contributed by atoms with Gasteiger partial charge in [-0.1, -0.05) is 54.1 Å². The van der Waals surface area contributed by atoms with Crippen molar-refractivity contribution in [3.63, 3.8) is 0 Å². The maximum absolute atomic E-state index is 12.4. The molecule has 31 heavy (non-hydrogen) atoms. The number of rotatable bonds is 7. The molecular weight excluding hydrogens is 412 g/mol. The number of carbonyl (C=O) groups is 1. The Morgan fingerprint density at radius 2 is 1.90 bits per heavy atom. The number of halogens is 1. The molecule has 0 amide bonds. The van der Waals surface area contributed by atoms with Crippen LogP contribution in [0.2, 0.25) is 5.02 Å². The van der Waals surface area contributed by atoms with Crippen molar-refractivity contribution in [3.8, 4) is 11.5 Å². The zero-order chi connectivity index (χ0) is 21.8. The summed E-state index contributed by atoms with van der Waals surface area (Å²) in [5.41, 5.74) is 1.95. The van der Waals surface area contributed by atoms with Crippen molar-refractivity contribution in [2.75, 3.05) is 7.11 Å². The maximum atomic E-state index is 12.4. The van der Waals surface area contributed by atoms with Crippen LogP contribution in [0.4, 0.5) is 0 Å². The number of carbonyl (C=O) groups excluding carboxylic acids is 1. The lowest BCUT2D eigenvalue weighted by molar-refractivity contribution is 0.104. The van der Waals surface area contributed by atoms with E-state index >= 15 is 0 Å². The summed E-state index contributed by atoms with van der Waals surface area (Å²) in [6.45, 7) is 0.337. The van der Waals surface area contributed by atoms with Gasteiger partial charge in [0.05, 0.1) is 12.1 Å². The van der Waals surface area contributed by atoms with Crippen LogP contribution < -0.4 is 9.47 Å². The molecule has 0 N–H and O–H groups in total. The van der Waals surface area contributed by atoms with Crippen molar-refractivity contribution in [3.05, 3.63) is 94.8 Å². The summed E-state index contributed by atoms with van der Waals surface area (Å²) in [5.74, 6) is 1.24. The van der Waals surface area contributed by atoms with Gasteiger partial charge in [-0.3, -0.25) is 9.48 Å². The number of aryl methyl sites for hydroxylation is 1. The number of ketones is 1. The highest BCUT2D eigenvalue weighted by atomic mass is 35.5. The molecule has 0 aliphatic carbocycles. The van der Waals surface area contributed by atoms with Gasteiger partial charge >= 0.3 is 0 Å². The number of ether oxygens (including phenoxy) is 2. The van der Waals surface area contributed by atoms with Crippen LogP contribution in [0.25, 0.3) is 16.8 Å². The molecule has 1 aromatic heterocycles. The van der Waals surface area contributed by atoms with E-state index in [-0.39, 0.29) is 11.5 Å². The van der Waals surface area contributed by atoms with Crippen molar-refractivity contribution < 1.29 is 14.3 Å². The lowest BCUT2D eigenvalue weighted by atomic mass is 10.1. The zero-order valence-corrected chi connectivity index (χ0v) is 18.0. The molecule has 5 nitrogen and oxygen atoms in total. The van der Waals surface area contributed by atoms with Crippen LogP contribution in [-0.2, 0) is 13.7 Å². The molecule has 4 rings (SSSR count). The van der Waals surface area contributed by atoms with E-state index in [1.807, 2.05) is 48.5 Å². The fourth-order valence-corrected chi connectivity index (χ4v) is 3.58. The second kappa shape index (κ2) is 9.06. The first-order chi connectivity index (χ1) is 15.0. The van der Waals surface area contributed by atoms with Gasteiger partial charge < -0.3 is 9.47 Å². The first kappa shape index (κ1) is 20.7. The molecule has 1 heterocycles. The highest BCUT2D eigenvalue weighted by Crippen LogP contribution is 2.25. The van der Waals surface area contributed by atoms with Gasteiger partial charge in [-0.2, -0.15) is 5.10 Å². The predicted molar refractivity (Wildman–Crippen MR) is 123 cm³/mol. The summed E-state index contributed by atoms with van der Waals surface area (Å²) in [7, 11) is 3.34. The summed E-state index contributed by atoms with van der Waals surface area (Å²) < 4.78 is 13.0. The number of hydrogen-bond donors (Lipinski definition) is 0. The van der Waals surface area contributed by atoms with Crippen LogP contribution in [0.3, 0.4) is 0 Å². The quantitative estimate of drug-likeness (QED) is 0.277. The summed E-state index contributed by atoms with van der Waals surface area (Å²) in [6.07, 6.45) is 4.79. The lowest BCUT2D eigenvalue weighted by Crippen LogP contribution is -2.00. The monoisotopic (exact) mass is 432 g/mol. The normalized spacial score (nSPS) is 11.2.